The fraction of sp³-hybridized carbons (Fsp3) is 0.960. The summed E-state index contributed by atoms with van der Waals surface area (Å²) >= 11 is 0. The van der Waals surface area contributed by atoms with Gasteiger partial charge in [-0.2, -0.15) is 5.26 Å². The number of hydrogen-bond donors (Lipinski definition) is 0. The zero-order valence-electron chi connectivity index (χ0n) is 18.4. The van der Waals surface area contributed by atoms with E-state index in [0.717, 1.165) is 36.2 Å². The molecule has 0 bridgehead atoms. The highest BCUT2D eigenvalue weighted by Gasteiger charge is 2.60. The van der Waals surface area contributed by atoms with Crippen LogP contribution in [0.5, 0.6) is 0 Å². The molecule has 27 heavy (non-hydrogen) atoms. The van der Waals surface area contributed by atoms with Crippen molar-refractivity contribution in [1.29, 1.82) is 5.26 Å². The van der Waals surface area contributed by atoms with E-state index in [4.69, 9.17) is 4.74 Å². The summed E-state index contributed by atoms with van der Waals surface area (Å²) in [6, 6.07) is 2.67. The molecule has 0 amide bonds. The molecule has 0 spiro atoms. The second kappa shape index (κ2) is 6.76. The summed E-state index contributed by atoms with van der Waals surface area (Å²) in [5.41, 5.74) is 0.661. The first kappa shape index (κ1) is 19.8. The fourth-order valence-electron chi connectivity index (χ4n) is 8.93. The minimum atomic E-state index is -0.166. The second-order valence-electron chi connectivity index (χ2n) is 11.9. The first-order chi connectivity index (χ1) is 12.7. The minimum absolute atomic E-state index is 0.166. The number of hydrogen-bond acceptors (Lipinski definition) is 2. The summed E-state index contributed by atoms with van der Waals surface area (Å²) < 4.78 is 5.57. The third kappa shape index (κ3) is 3.08. The Bertz CT molecular complexity index is 606. The molecule has 4 saturated carbocycles. The Morgan fingerprint density at radius 2 is 1.70 bits per heavy atom. The van der Waals surface area contributed by atoms with Crippen molar-refractivity contribution in [3.05, 3.63) is 0 Å². The van der Waals surface area contributed by atoms with E-state index in [1.54, 1.807) is 0 Å². The highest BCUT2D eigenvalue weighted by atomic mass is 16.5. The van der Waals surface area contributed by atoms with Gasteiger partial charge in [0.25, 0.3) is 0 Å². The molecule has 2 nitrogen and oxygen atoms in total. The molecular weight excluding hydrogens is 330 g/mol. The van der Waals surface area contributed by atoms with E-state index in [0.29, 0.717) is 16.7 Å². The Labute approximate surface area is 167 Å². The Kier molecular flexibility index (Phi) is 4.94. The third-order valence-corrected chi connectivity index (χ3v) is 10.0. The number of fused-ring (bicyclic) bond motifs is 5. The average Bonchev–Trinajstić information content (AvgIpc) is 2.99. The lowest BCUT2D eigenvalue weighted by Gasteiger charge is -2.58. The van der Waals surface area contributed by atoms with Gasteiger partial charge < -0.3 is 4.74 Å². The van der Waals surface area contributed by atoms with E-state index < -0.39 is 0 Å². The molecule has 4 aliphatic carbocycles. The molecule has 0 aromatic carbocycles. The summed E-state index contributed by atoms with van der Waals surface area (Å²) in [5, 5.41) is 9.78. The monoisotopic (exact) mass is 371 g/mol. The number of nitrogens with zero attached hydrogens (tertiary/aromatic N) is 1. The lowest BCUT2D eigenvalue weighted by Crippen LogP contribution is -2.51. The van der Waals surface area contributed by atoms with Gasteiger partial charge in [0, 0.05) is 7.11 Å². The molecule has 8 atom stereocenters. The maximum Gasteiger partial charge on any atom is 0.0687 e. The van der Waals surface area contributed by atoms with E-state index in [-0.39, 0.29) is 5.41 Å². The maximum atomic E-state index is 9.78. The number of nitriles is 1. The first-order valence-electron chi connectivity index (χ1n) is 11.6. The quantitative estimate of drug-likeness (QED) is 0.570. The molecule has 152 valence electrons. The van der Waals surface area contributed by atoms with Gasteiger partial charge in [0.1, 0.15) is 0 Å². The third-order valence-electron chi connectivity index (χ3n) is 10.0. The summed E-state index contributed by atoms with van der Waals surface area (Å²) in [6.07, 6.45) is 12.5. The summed E-state index contributed by atoms with van der Waals surface area (Å²) in [6.45, 7) is 10.4. The average molecular weight is 372 g/mol. The van der Waals surface area contributed by atoms with Gasteiger partial charge in [0.2, 0.25) is 0 Å². The van der Waals surface area contributed by atoms with Crippen LogP contribution in [0, 0.1) is 63.1 Å². The Balaban J connectivity index is 1.52. The van der Waals surface area contributed by atoms with Crippen LogP contribution in [0.1, 0.15) is 85.5 Å². The number of rotatable bonds is 3. The Morgan fingerprint density at radius 1 is 0.963 bits per heavy atom. The van der Waals surface area contributed by atoms with Gasteiger partial charge in [-0.15, -0.1) is 0 Å². The molecule has 0 aliphatic heterocycles. The van der Waals surface area contributed by atoms with Crippen molar-refractivity contribution < 1.29 is 4.74 Å². The maximum absolute atomic E-state index is 9.78. The largest absolute Gasteiger partial charge is 0.384 e. The lowest BCUT2D eigenvalue weighted by atomic mass is 9.47. The van der Waals surface area contributed by atoms with Crippen LogP contribution in [-0.4, -0.2) is 13.7 Å². The highest BCUT2D eigenvalue weighted by Crippen LogP contribution is 2.67. The zero-order chi connectivity index (χ0) is 19.4. The normalized spacial score (nSPS) is 49.6. The summed E-state index contributed by atoms with van der Waals surface area (Å²) in [7, 11) is 1.87. The predicted molar refractivity (Wildman–Crippen MR) is 110 cm³/mol. The first-order valence-corrected chi connectivity index (χ1v) is 11.6. The van der Waals surface area contributed by atoms with Crippen LogP contribution in [0.3, 0.4) is 0 Å². The van der Waals surface area contributed by atoms with Crippen LogP contribution in [0.25, 0.3) is 0 Å². The standard InChI is InChI=1S/C25H41NO/c1-23(2,15-26)22-9-8-21-20-7-6-17-14-24(3,16-27-5)12-10-18(17)19(20)11-13-25(21,22)4/h17-22H,6-14,16H2,1-5H3/t17-,18+,19-,20-,21+,22-,24+,25+/m1/s1. The van der Waals surface area contributed by atoms with Gasteiger partial charge in [-0.25, -0.2) is 0 Å². The van der Waals surface area contributed by atoms with E-state index in [2.05, 4.69) is 33.8 Å². The molecular formula is C25H41NO. The molecule has 0 aromatic heterocycles. The van der Waals surface area contributed by atoms with E-state index in [9.17, 15) is 5.26 Å². The minimum Gasteiger partial charge on any atom is -0.384 e. The topological polar surface area (TPSA) is 33.0 Å². The van der Waals surface area contributed by atoms with Gasteiger partial charge >= 0.3 is 0 Å². The van der Waals surface area contributed by atoms with Crippen LogP contribution < -0.4 is 0 Å². The van der Waals surface area contributed by atoms with Gasteiger partial charge in [-0.05, 0) is 118 Å². The molecule has 0 heterocycles. The molecule has 2 heteroatoms. The van der Waals surface area contributed by atoms with E-state index >= 15 is 0 Å². The van der Waals surface area contributed by atoms with Crippen LogP contribution >= 0.6 is 0 Å². The van der Waals surface area contributed by atoms with Crippen molar-refractivity contribution in [2.24, 2.45) is 51.8 Å². The number of ether oxygens (including phenoxy) is 1. The van der Waals surface area contributed by atoms with E-state index in [1.165, 1.54) is 57.8 Å². The molecule has 4 rings (SSSR count). The van der Waals surface area contributed by atoms with Crippen molar-refractivity contribution in [2.45, 2.75) is 85.5 Å². The summed E-state index contributed by atoms with van der Waals surface area (Å²) in [5.74, 6) is 5.30. The van der Waals surface area contributed by atoms with Crippen molar-refractivity contribution in [2.75, 3.05) is 13.7 Å². The van der Waals surface area contributed by atoms with Gasteiger partial charge in [0.15, 0.2) is 0 Å². The fourth-order valence-corrected chi connectivity index (χ4v) is 8.93. The molecule has 0 unspecified atom stereocenters. The predicted octanol–water partition coefficient (Wildman–Crippen LogP) is 6.46. The highest BCUT2D eigenvalue weighted by molar-refractivity contribution is 5.12. The van der Waals surface area contributed by atoms with Gasteiger partial charge in [0.05, 0.1) is 18.1 Å². The molecule has 4 aliphatic rings. The Hall–Kier alpha value is -0.550. The van der Waals surface area contributed by atoms with Gasteiger partial charge in [-0.1, -0.05) is 13.8 Å². The summed E-state index contributed by atoms with van der Waals surface area (Å²) in [4.78, 5) is 0. The van der Waals surface area contributed by atoms with E-state index in [1.807, 2.05) is 7.11 Å². The van der Waals surface area contributed by atoms with Crippen LogP contribution in [0.2, 0.25) is 0 Å². The molecule has 0 saturated heterocycles. The van der Waals surface area contributed by atoms with Gasteiger partial charge in [-0.3, -0.25) is 0 Å². The number of methoxy groups -OCH3 is 1. The smallest absolute Gasteiger partial charge is 0.0687 e. The van der Waals surface area contributed by atoms with Crippen molar-refractivity contribution >= 4 is 0 Å². The molecule has 0 aromatic rings. The van der Waals surface area contributed by atoms with Crippen molar-refractivity contribution in [3.8, 4) is 6.07 Å². The molecule has 0 N–H and O–H groups in total. The van der Waals surface area contributed by atoms with Crippen LogP contribution in [-0.2, 0) is 4.74 Å². The van der Waals surface area contributed by atoms with Crippen molar-refractivity contribution in [3.63, 3.8) is 0 Å². The van der Waals surface area contributed by atoms with Crippen LogP contribution in [0.4, 0.5) is 0 Å². The van der Waals surface area contributed by atoms with Crippen LogP contribution in [0.15, 0.2) is 0 Å². The molecule has 4 fully saturated rings. The Morgan fingerprint density at radius 3 is 2.41 bits per heavy atom. The second-order valence-corrected chi connectivity index (χ2v) is 11.9. The lowest BCUT2D eigenvalue weighted by molar-refractivity contribution is -0.0928. The SMILES string of the molecule is COC[C@@]1(C)CC[C@H]2[C@H](CC[C@@H]3[C@@H]2CC[C@]2(C)[C@@H](C(C)(C)C#N)CC[C@@H]32)C1. The zero-order valence-corrected chi connectivity index (χ0v) is 18.4. The van der Waals surface area contributed by atoms with Crippen molar-refractivity contribution in [1.82, 2.24) is 0 Å². The molecule has 0 radical (unpaired) electrons.